The quantitative estimate of drug-likeness (QED) is 0.501. The SMILES string of the molecule is CSC(S)=C(C#N)C(=O)Nc1ccc(C)cc1. The van der Waals surface area contributed by atoms with Crippen molar-refractivity contribution in [1.29, 1.82) is 5.26 Å². The van der Waals surface area contributed by atoms with Gasteiger partial charge in [0, 0.05) is 5.69 Å². The van der Waals surface area contributed by atoms with Gasteiger partial charge in [0.15, 0.2) is 0 Å². The second-order valence-electron chi connectivity index (χ2n) is 3.32. The fraction of sp³-hybridized carbons (Fsp3) is 0.167. The lowest BCUT2D eigenvalue weighted by molar-refractivity contribution is -0.112. The number of hydrogen-bond acceptors (Lipinski definition) is 4. The van der Waals surface area contributed by atoms with E-state index in [-0.39, 0.29) is 5.57 Å². The van der Waals surface area contributed by atoms with Crippen LogP contribution >= 0.6 is 24.4 Å². The van der Waals surface area contributed by atoms with Crippen molar-refractivity contribution in [3.05, 3.63) is 39.6 Å². The van der Waals surface area contributed by atoms with Gasteiger partial charge in [0.2, 0.25) is 0 Å². The van der Waals surface area contributed by atoms with Crippen LogP contribution in [0.25, 0.3) is 0 Å². The molecule has 0 unspecified atom stereocenters. The minimum Gasteiger partial charge on any atom is -0.321 e. The average Bonchev–Trinajstić information content (AvgIpc) is 2.32. The number of thioether (sulfide) groups is 1. The number of aryl methyl sites for hydroxylation is 1. The van der Waals surface area contributed by atoms with Crippen molar-refractivity contribution < 1.29 is 4.79 Å². The number of anilines is 1. The van der Waals surface area contributed by atoms with Gasteiger partial charge in [-0.25, -0.2) is 0 Å². The van der Waals surface area contributed by atoms with Gasteiger partial charge < -0.3 is 5.32 Å². The van der Waals surface area contributed by atoms with E-state index in [4.69, 9.17) is 5.26 Å². The Morgan fingerprint density at radius 3 is 2.47 bits per heavy atom. The summed E-state index contributed by atoms with van der Waals surface area (Å²) in [6, 6.07) is 9.22. The summed E-state index contributed by atoms with van der Waals surface area (Å²) in [4.78, 5) is 11.8. The molecule has 0 aliphatic carbocycles. The molecule has 0 spiro atoms. The molecule has 1 aromatic carbocycles. The Labute approximate surface area is 110 Å². The first kappa shape index (κ1) is 13.7. The maximum absolute atomic E-state index is 11.8. The summed E-state index contributed by atoms with van der Waals surface area (Å²) in [5.74, 6) is -0.435. The Kier molecular flexibility index (Phi) is 5.13. The number of carbonyl (C=O) groups excluding carboxylic acids is 1. The third-order valence-corrected chi connectivity index (χ3v) is 3.42. The number of amides is 1. The molecule has 0 saturated heterocycles. The molecule has 5 heteroatoms. The lowest BCUT2D eigenvalue weighted by Gasteiger charge is -2.05. The topological polar surface area (TPSA) is 52.9 Å². The predicted octanol–water partition coefficient (Wildman–Crippen LogP) is 2.96. The fourth-order valence-electron chi connectivity index (χ4n) is 1.13. The number of benzene rings is 1. The lowest BCUT2D eigenvalue weighted by Crippen LogP contribution is -2.14. The first-order valence-electron chi connectivity index (χ1n) is 4.84. The normalized spacial score (nSPS) is 11.4. The van der Waals surface area contributed by atoms with Crippen LogP contribution < -0.4 is 5.32 Å². The van der Waals surface area contributed by atoms with Crippen LogP contribution in [-0.4, -0.2) is 12.2 Å². The molecule has 0 aliphatic heterocycles. The van der Waals surface area contributed by atoms with Gasteiger partial charge in [-0.1, -0.05) is 17.7 Å². The van der Waals surface area contributed by atoms with Crippen LogP contribution in [0, 0.1) is 18.3 Å². The molecule has 17 heavy (non-hydrogen) atoms. The van der Waals surface area contributed by atoms with Gasteiger partial charge in [-0.05, 0) is 25.3 Å². The van der Waals surface area contributed by atoms with Crippen molar-refractivity contribution in [2.75, 3.05) is 11.6 Å². The molecule has 3 nitrogen and oxygen atoms in total. The molecular formula is C12H12N2OS2. The predicted molar refractivity (Wildman–Crippen MR) is 74.9 cm³/mol. The number of hydrogen-bond donors (Lipinski definition) is 2. The average molecular weight is 264 g/mol. The van der Waals surface area contributed by atoms with Crippen molar-refractivity contribution in [2.45, 2.75) is 6.92 Å². The molecular weight excluding hydrogens is 252 g/mol. The molecule has 0 radical (unpaired) electrons. The summed E-state index contributed by atoms with van der Waals surface area (Å²) in [7, 11) is 0. The molecule has 1 amide bonds. The van der Waals surface area contributed by atoms with Crippen molar-refractivity contribution in [1.82, 2.24) is 0 Å². The zero-order chi connectivity index (χ0) is 12.8. The van der Waals surface area contributed by atoms with Crippen LogP contribution in [-0.2, 0) is 4.79 Å². The molecule has 0 bridgehead atoms. The van der Waals surface area contributed by atoms with E-state index >= 15 is 0 Å². The van der Waals surface area contributed by atoms with E-state index in [0.29, 0.717) is 9.92 Å². The molecule has 0 aliphatic rings. The van der Waals surface area contributed by atoms with Crippen LogP contribution in [0.3, 0.4) is 0 Å². The zero-order valence-electron chi connectivity index (χ0n) is 9.52. The minimum atomic E-state index is -0.435. The van der Waals surface area contributed by atoms with Crippen molar-refractivity contribution in [3.8, 4) is 6.07 Å². The van der Waals surface area contributed by atoms with Crippen LogP contribution in [0.5, 0.6) is 0 Å². The van der Waals surface area contributed by atoms with E-state index in [0.717, 1.165) is 5.56 Å². The first-order valence-corrected chi connectivity index (χ1v) is 6.51. The van der Waals surface area contributed by atoms with E-state index in [2.05, 4.69) is 17.9 Å². The molecule has 1 N–H and O–H groups in total. The fourth-order valence-corrected chi connectivity index (χ4v) is 1.62. The van der Waals surface area contributed by atoms with Gasteiger partial charge in [-0.15, -0.1) is 24.4 Å². The number of nitrogens with one attached hydrogen (secondary N) is 1. The summed E-state index contributed by atoms with van der Waals surface area (Å²) in [6.45, 7) is 1.96. The summed E-state index contributed by atoms with van der Waals surface area (Å²) in [5.41, 5.74) is 1.80. The van der Waals surface area contributed by atoms with Gasteiger partial charge in [-0.2, -0.15) is 5.26 Å². The molecule has 0 fully saturated rings. The highest BCUT2D eigenvalue weighted by Gasteiger charge is 2.12. The first-order chi connectivity index (χ1) is 8.08. The molecule has 0 aromatic heterocycles. The van der Waals surface area contributed by atoms with Crippen LogP contribution in [0.1, 0.15) is 5.56 Å². The lowest BCUT2D eigenvalue weighted by atomic mass is 10.2. The standard InChI is InChI=1S/C12H12N2OS2/c1-8-3-5-9(6-4-8)14-11(15)10(7-13)12(16)17-2/h3-6,16H,1-2H3,(H,14,15). The summed E-state index contributed by atoms with van der Waals surface area (Å²) in [5, 5.41) is 11.5. The maximum atomic E-state index is 11.8. The molecule has 88 valence electrons. The monoisotopic (exact) mass is 264 g/mol. The number of thiol groups is 1. The Balaban J connectivity index is 2.86. The van der Waals surface area contributed by atoms with Gasteiger partial charge >= 0.3 is 0 Å². The number of carbonyl (C=O) groups is 1. The highest BCUT2D eigenvalue weighted by molar-refractivity contribution is 8.15. The molecule has 0 atom stereocenters. The largest absolute Gasteiger partial charge is 0.321 e. The molecule has 0 saturated carbocycles. The number of rotatable bonds is 3. The van der Waals surface area contributed by atoms with E-state index in [1.807, 2.05) is 25.1 Å². The highest BCUT2D eigenvalue weighted by Crippen LogP contribution is 2.21. The number of nitrogens with zero attached hydrogens (tertiary/aromatic N) is 1. The summed E-state index contributed by atoms with van der Waals surface area (Å²) >= 11 is 5.35. The van der Waals surface area contributed by atoms with E-state index in [9.17, 15) is 4.79 Å². The van der Waals surface area contributed by atoms with Crippen LogP contribution in [0.2, 0.25) is 0 Å². The Morgan fingerprint density at radius 1 is 1.41 bits per heavy atom. The summed E-state index contributed by atoms with van der Waals surface area (Å²) in [6.07, 6.45) is 1.76. The van der Waals surface area contributed by atoms with Gasteiger partial charge in [0.05, 0.1) is 4.24 Å². The van der Waals surface area contributed by atoms with Crippen LogP contribution in [0.4, 0.5) is 5.69 Å². The molecule has 0 heterocycles. The van der Waals surface area contributed by atoms with Crippen molar-refractivity contribution >= 4 is 36.0 Å². The van der Waals surface area contributed by atoms with E-state index in [1.54, 1.807) is 18.4 Å². The maximum Gasteiger partial charge on any atom is 0.268 e. The van der Waals surface area contributed by atoms with Gasteiger partial charge in [0.25, 0.3) is 5.91 Å². The van der Waals surface area contributed by atoms with E-state index in [1.165, 1.54) is 11.8 Å². The third-order valence-electron chi connectivity index (χ3n) is 2.06. The highest BCUT2D eigenvalue weighted by atomic mass is 32.2. The van der Waals surface area contributed by atoms with Gasteiger partial charge in [-0.3, -0.25) is 4.79 Å². The van der Waals surface area contributed by atoms with Crippen molar-refractivity contribution in [2.24, 2.45) is 0 Å². The Morgan fingerprint density at radius 2 is 2.00 bits per heavy atom. The van der Waals surface area contributed by atoms with Crippen LogP contribution in [0.15, 0.2) is 34.1 Å². The molecule has 1 rings (SSSR count). The second-order valence-corrected chi connectivity index (χ2v) is 4.88. The van der Waals surface area contributed by atoms with E-state index < -0.39 is 5.91 Å². The second kappa shape index (κ2) is 6.38. The van der Waals surface area contributed by atoms with Gasteiger partial charge in [0.1, 0.15) is 11.6 Å². The zero-order valence-corrected chi connectivity index (χ0v) is 11.2. The third kappa shape index (κ3) is 3.84. The summed E-state index contributed by atoms with van der Waals surface area (Å²) < 4.78 is 0.414. The molecule has 1 aromatic rings. The smallest absolute Gasteiger partial charge is 0.268 e. The number of nitriles is 1. The van der Waals surface area contributed by atoms with Crippen molar-refractivity contribution in [3.63, 3.8) is 0 Å². The Bertz CT molecular complexity index is 486. The Hall–Kier alpha value is -1.38. The minimum absolute atomic E-state index is 0.0291.